The smallest absolute Gasteiger partial charge is 0.407 e. The molecule has 0 aliphatic carbocycles. The predicted molar refractivity (Wildman–Crippen MR) is 198 cm³/mol. The van der Waals surface area contributed by atoms with Gasteiger partial charge in [-0.2, -0.15) is 0 Å². The number of carbonyl (C=O) groups excluding carboxylic acids is 3. The van der Waals surface area contributed by atoms with Gasteiger partial charge >= 0.3 is 12.1 Å². The lowest BCUT2D eigenvalue weighted by Crippen LogP contribution is -2.50. The Kier molecular flexibility index (Phi) is 12.7. The summed E-state index contributed by atoms with van der Waals surface area (Å²) in [6, 6.07) is 20.2. The minimum Gasteiger partial charge on any atom is -0.444 e. The van der Waals surface area contributed by atoms with E-state index in [0.29, 0.717) is 43.9 Å². The summed E-state index contributed by atoms with van der Waals surface area (Å²) in [5.41, 5.74) is 5.00. The first kappa shape index (κ1) is 36.5. The van der Waals surface area contributed by atoms with Gasteiger partial charge < -0.3 is 26.0 Å². The molecule has 5 rings (SSSR count). The number of likely N-dealkylation sites (tertiary alicyclic amines) is 1. The molecule has 1 aliphatic heterocycles. The Morgan fingerprint density at radius 3 is 2.47 bits per heavy atom. The van der Waals surface area contributed by atoms with Crippen LogP contribution in [0, 0.1) is 11.8 Å². The molecule has 1 aliphatic rings. The van der Waals surface area contributed by atoms with Gasteiger partial charge in [-0.25, -0.2) is 9.59 Å². The van der Waals surface area contributed by atoms with E-state index >= 15 is 0 Å². The summed E-state index contributed by atoms with van der Waals surface area (Å²) in [7, 11) is 0. The molecule has 2 aromatic carbocycles. The zero-order chi connectivity index (χ0) is 36.1. The lowest BCUT2D eigenvalue weighted by Gasteiger charge is -2.33. The van der Waals surface area contributed by atoms with Gasteiger partial charge in [0.25, 0.3) is 5.91 Å². The molecule has 11 heteroatoms. The van der Waals surface area contributed by atoms with Gasteiger partial charge in [0.2, 0.25) is 0 Å². The van der Waals surface area contributed by atoms with E-state index < -0.39 is 11.7 Å². The van der Waals surface area contributed by atoms with Crippen molar-refractivity contribution in [2.75, 3.05) is 38.0 Å². The number of ether oxygens (including phenoxy) is 1. The van der Waals surface area contributed by atoms with Crippen LogP contribution in [0.15, 0.2) is 91.5 Å². The molecule has 0 saturated carbocycles. The van der Waals surface area contributed by atoms with Crippen LogP contribution >= 0.6 is 0 Å². The Morgan fingerprint density at radius 2 is 1.73 bits per heavy atom. The summed E-state index contributed by atoms with van der Waals surface area (Å²) < 4.78 is 5.39. The van der Waals surface area contributed by atoms with Gasteiger partial charge in [-0.15, -0.1) is 0 Å². The lowest BCUT2D eigenvalue weighted by molar-refractivity contribution is 0.0473. The summed E-state index contributed by atoms with van der Waals surface area (Å²) in [6.45, 7) is 8.81. The van der Waals surface area contributed by atoms with Crippen LogP contribution in [-0.4, -0.2) is 77.3 Å². The molecule has 4 N–H and O–H groups in total. The molecular weight excluding hydrogens is 642 g/mol. The van der Waals surface area contributed by atoms with E-state index in [0.717, 1.165) is 47.2 Å². The number of nitrogens with zero attached hydrogens (tertiary/aromatic N) is 3. The second-order valence-electron chi connectivity index (χ2n) is 13.4. The third kappa shape index (κ3) is 12.0. The number of rotatable bonds is 10. The normalized spacial score (nSPS) is 14.4. The van der Waals surface area contributed by atoms with Crippen molar-refractivity contribution < 1.29 is 19.1 Å². The van der Waals surface area contributed by atoms with Crippen LogP contribution in [0.4, 0.5) is 15.3 Å². The topological polar surface area (TPSA) is 138 Å². The number of hydrogen-bond acceptors (Lipinski definition) is 7. The first-order chi connectivity index (χ1) is 24.6. The van der Waals surface area contributed by atoms with Gasteiger partial charge in [-0.1, -0.05) is 24.0 Å². The number of amides is 4. The number of aromatic nitrogens is 2. The van der Waals surface area contributed by atoms with E-state index in [1.165, 1.54) is 0 Å². The number of pyridine rings is 2. The van der Waals surface area contributed by atoms with Crippen molar-refractivity contribution in [2.24, 2.45) is 0 Å². The molecule has 0 spiro atoms. The monoisotopic (exact) mass is 687 g/mol. The first-order valence-electron chi connectivity index (χ1n) is 17.2. The zero-order valence-corrected chi connectivity index (χ0v) is 29.4. The highest BCUT2D eigenvalue weighted by Gasteiger charge is 2.24. The van der Waals surface area contributed by atoms with Crippen LogP contribution in [0.25, 0.3) is 11.1 Å². The van der Waals surface area contributed by atoms with E-state index in [-0.39, 0.29) is 18.0 Å². The SMILES string of the molecule is CC(C)(C)OC(=O)NC1CCCN(CCNC(=O)c2ccc(C#Cc3cc(NC(=O)NCCc4cccnc4)ccc3-c3ccncc3)cc2)C1. The lowest BCUT2D eigenvalue weighted by atomic mass is 9.99. The second kappa shape index (κ2) is 17.8. The van der Waals surface area contributed by atoms with Crippen LogP contribution in [0.5, 0.6) is 0 Å². The van der Waals surface area contributed by atoms with Crippen LogP contribution in [0.3, 0.4) is 0 Å². The van der Waals surface area contributed by atoms with Crippen molar-refractivity contribution in [2.45, 2.75) is 51.7 Å². The summed E-state index contributed by atoms with van der Waals surface area (Å²) in [6.07, 6.45) is 9.10. The van der Waals surface area contributed by atoms with Crippen molar-refractivity contribution in [3.63, 3.8) is 0 Å². The highest BCUT2D eigenvalue weighted by atomic mass is 16.6. The first-order valence-corrected chi connectivity index (χ1v) is 17.2. The Bertz CT molecular complexity index is 1830. The summed E-state index contributed by atoms with van der Waals surface area (Å²) in [5.74, 6) is 6.31. The third-order valence-corrected chi connectivity index (χ3v) is 8.12. The Labute approximate surface area is 299 Å². The van der Waals surface area contributed by atoms with Crippen molar-refractivity contribution >= 4 is 23.7 Å². The van der Waals surface area contributed by atoms with E-state index in [9.17, 15) is 14.4 Å². The highest BCUT2D eigenvalue weighted by Crippen LogP contribution is 2.26. The molecule has 11 nitrogen and oxygen atoms in total. The van der Waals surface area contributed by atoms with Gasteiger partial charge in [0.05, 0.1) is 0 Å². The standard InChI is InChI=1S/C40H45N7O4/c1-40(2,3)51-39(50)46-35-7-5-24-47(28-35)25-23-43-37(48)32-11-8-29(9-12-32)10-13-33-26-34(14-15-36(33)31-17-20-41-21-18-31)45-38(49)44-22-16-30-6-4-19-42-27-30/h4,6,8-9,11-12,14-15,17-21,26-27,35H,5,7,16,22-25,28H2,1-3H3,(H,43,48)(H,46,50)(H2,44,45,49). The molecule has 0 bridgehead atoms. The van der Waals surface area contributed by atoms with Crippen molar-refractivity contribution in [3.8, 4) is 23.0 Å². The molecular formula is C40H45N7O4. The minimum atomic E-state index is -0.538. The fraction of sp³-hybridized carbons (Fsp3) is 0.325. The van der Waals surface area contributed by atoms with E-state index in [2.05, 4.69) is 48.0 Å². The molecule has 1 atom stereocenters. The molecule has 1 fully saturated rings. The van der Waals surface area contributed by atoms with E-state index in [1.54, 1.807) is 36.9 Å². The van der Waals surface area contributed by atoms with Gasteiger partial charge in [0.1, 0.15) is 5.60 Å². The van der Waals surface area contributed by atoms with Gasteiger partial charge in [-0.3, -0.25) is 19.7 Å². The van der Waals surface area contributed by atoms with Crippen LogP contribution < -0.4 is 21.3 Å². The molecule has 51 heavy (non-hydrogen) atoms. The molecule has 0 radical (unpaired) electrons. The third-order valence-electron chi connectivity index (χ3n) is 8.12. The summed E-state index contributed by atoms with van der Waals surface area (Å²) in [5, 5.41) is 11.8. The molecule has 1 saturated heterocycles. The Balaban J connectivity index is 1.16. The predicted octanol–water partition coefficient (Wildman–Crippen LogP) is 5.63. The van der Waals surface area contributed by atoms with Gasteiger partial charge in [0, 0.05) is 79.4 Å². The molecule has 4 amide bonds. The molecule has 1 unspecified atom stereocenters. The highest BCUT2D eigenvalue weighted by molar-refractivity contribution is 5.94. The number of carbonyl (C=O) groups is 3. The maximum Gasteiger partial charge on any atom is 0.407 e. The van der Waals surface area contributed by atoms with Gasteiger partial charge in [0.15, 0.2) is 0 Å². The molecule has 4 aromatic rings. The molecule has 3 heterocycles. The molecule has 2 aromatic heterocycles. The average molecular weight is 688 g/mol. The number of alkyl carbamates (subject to hydrolysis) is 1. The van der Waals surface area contributed by atoms with Gasteiger partial charge in [-0.05, 0) is 118 Å². The van der Waals surface area contributed by atoms with Crippen molar-refractivity contribution in [1.29, 1.82) is 0 Å². The fourth-order valence-electron chi connectivity index (χ4n) is 5.68. The van der Waals surface area contributed by atoms with E-state index in [4.69, 9.17) is 4.74 Å². The van der Waals surface area contributed by atoms with Crippen molar-refractivity contribution in [3.05, 3.63) is 114 Å². The molecule has 264 valence electrons. The number of nitrogens with one attached hydrogen (secondary N) is 4. The minimum absolute atomic E-state index is 0.0188. The zero-order valence-electron chi connectivity index (χ0n) is 29.4. The van der Waals surface area contributed by atoms with Crippen LogP contribution in [-0.2, 0) is 11.2 Å². The summed E-state index contributed by atoms with van der Waals surface area (Å²) in [4.78, 5) is 48.2. The second-order valence-corrected chi connectivity index (χ2v) is 13.4. The van der Waals surface area contributed by atoms with Crippen LogP contribution in [0.1, 0.15) is 60.7 Å². The largest absolute Gasteiger partial charge is 0.444 e. The van der Waals surface area contributed by atoms with Crippen molar-refractivity contribution in [1.82, 2.24) is 30.8 Å². The number of piperidine rings is 1. The van der Waals surface area contributed by atoms with Crippen LogP contribution in [0.2, 0.25) is 0 Å². The maximum atomic E-state index is 12.9. The Morgan fingerprint density at radius 1 is 0.922 bits per heavy atom. The average Bonchev–Trinajstić information content (AvgIpc) is 3.11. The number of benzene rings is 2. The maximum absolute atomic E-state index is 12.9. The quantitative estimate of drug-likeness (QED) is 0.159. The van der Waals surface area contributed by atoms with E-state index in [1.807, 2.05) is 75.4 Å². The Hall–Kier alpha value is -5.73. The number of urea groups is 1. The summed E-state index contributed by atoms with van der Waals surface area (Å²) >= 11 is 0. The fourth-order valence-corrected chi connectivity index (χ4v) is 5.68. The number of anilines is 1. The number of hydrogen-bond donors (Lipinski definition) is 4.